The molecule has 0 saturated carbocycles. The summed E-state index contributed by atoms with van der Waals surface area (Å²) in [6, 6.07) is 0. The molecule has 0 aromatic carbocycles. The topological polar surface area (TPSA) is 0 Å². The lowest BCUT2D eigenvalue weighted by molar-refractivity contribution is 1.74. The van der Waals surface area contributed by atoms with Gasteiger partial charge in [-0.3, -0.25) is 0 Å². The molecule has 0 aliphatic rings. The van der Waals surface area contributed by atoms with Crippen LogP contribution in [0.4, 0.5) is 0 Å². The zero-order valence-electron chi connectivity index (χ0n) is 3.94. The average molecular weight is 102 g/mol. The average Bonchev–Trinajstić information content (AvgIpc) is 1.41. The fourth-order valence-electron chi connectivity index (χ4n) is 0.136. The van der Waals surface area contributed by atoms with E-state index in [1.807, 2.05) is 19.1 Å². The molecule has 0 saturated heterocycles. The summed E-state index contributed by atoms with van der Waals surface area (Å²) >= 11 is 0. The summed E-state index contributed by atoms with van der Waals surface area (Å²) in [5.74, 6) is 0. The van der Waals surface area contributed by atoms with Gasteiger partial charge in [-0.05, 0) is 6.92 Å². The second-order valence-corrected chi connectivity index (χ2v) is 0.761. The van der Waals surface area contributed by atoms with Gasteiger partial charge in [-0.25, -0.2) is 0 Å². The monoisotopic (exact) mass is 102 g/mol. The van der Waals surface area contributed by atoms with Gasteiger partial charge in [-0.1, -0.05) is 24.8 Å². The number of rotatable bonds is 1. The molecule has 0 aromatic rings. The second-order valence-electron chi connectivity index (χ2n) is 0.761. The SMILES string of the molecule is C=C/C=C/C.S. The molecule has 0 bridgehead atoms. The van der Waals surface area contributed by atoms with Crippen LogP contribution in [0.1, 0.15) is 6.92 Å². The van der Waals surface area contributed by atoms with Gasteiger partial charge in [0, 0.05) is 0 Å². The minimum atomic E-state index is 0. The van der Waals surface area contributed by atoms with Crippen LogP contribution in [-0.2, 0) is 0 Å². The van der Waals surface area contributed by atoms with Crippen molar-refractivity contribution in [1.29, 1.82) is 0 Å². The van der Waals surface area contributed by atoms with Crippen LogP contribution in [0.5, 0.6) is 0 Å². The van der Waals surface area contributed by atoms with Gasteiger partial charge >= 0.3 is 0 Å². The minimum Gasteiger partial charge on any atom is -0.197 e. The maximum atomic E-state index is 3.46. The van der Waals surface area contributed by atoms with E-state index in [4.69, 9.17) is 0 Å². The van der Waals surface area contributed by atoms with Crippen molar-refractivity contribution in [1.82, 2.24) is 0 Å². The molecule has 0 spiro atoms. The van der Waals surface area contributed by atoms with Gasteiger partial charge in [-0.15, -0.1) is 0 Å². The Morgan fingerprint density at radius 2 is 2.00 bits per heavy atom. The highest BCUT2D eigenvalue weighted by Crippen LogP contribution is 1.64. The molecule has 0 unspecified atom stereocenters. The van der Waals surface area contributed by atoms with Gasteiger partial charge in [0.25, 0.3) is 0 Å². The van der Waals surface area contributed by atoms with Gasteiger partial charge in [0.05, 0.1) is 0 Å². The number of allylic oxidation sites excluding steroid dienone is 3. The maximum absolute atomic E-state index is 3.46. The molecule has 0 atom stereocenters. The molecular weight excluding hydrogens is 92.1 g/mol. The highest BCUT2D eigenvalue weighted by molar-refractivity contribution is 7.59. The van der Waals surface area contributed by atoms with Gasteiger partial charge in [0.15, 0.2) is 0 Å². The van der Waals surface area contributed by atoms with Crippen LogP contribution in [0.2, 0.25) is 0 Å². The van der Waals surface area contributed by atoms with Crippen molar-refractivity contribution in [3.05, 3.63) is 24.8 Å². The van der Waals surface area contributed by atoms with E-state index in [1.54, 1.807) is 6.08 Å². The third-order valence-corrected chi connectivity index (χ3v) is 0.329. The van der Waals surface area contributed by atoms with E-state index in [9.17, 15) is 0 Å². The quantitative estimate of drug-likeness (QED) is 0.443. The molecule has 0 aliphatic carbocycles. The molecule has 1 heteroatoms. The van der Waals surface area contributed by atoms with E-state index in [2.05, 4.69) is 6.58 Å². The summed E-state index contributed by atoms with van der Waals surface area (Å²) in [7, 11) is 0. The largest absolute Gasteiger partial charge is 0.197 e. The van der Waals surface area contributed by atoms with Crippen molar-refractivity contribution in [2.45, 2.75) is 6.92 Å². The minimum absolute atomic E-state index is 0. The Labute approximate surface area is 46.0 Å². The molecule has 0 fully saturated rings. The van der Waals surface area contributed by atoms with Crippen molar-refractivity contribution < 1.29 is 0 Å². The van der Waals surface area contributed by atoms with Crippen molar-refractivity contribution >= 4 is 13.5 Å². The first-order chi connectivity index (χ1) is 2.41. The standard InChI is InChI=1S/C5H8.H2S/c1-3-5-4-2;/h3-5H,1H2,2H3;1H2/b5-4+;. The highest BCUT2D eigenvalue weighted by atomic mass is 32.1. The van der Waals surface area contributed by atoms with E-state index < -0.39 is 0 Å². The second kappa shape index (κ2) is 8.85. The van der Waals surface area contributed by atoms with Crippen LogP contribution in [0.25, 0.3) is 0 Å². The van der Waals surface area contributed by atoms with E-state index in [0.717, 1.165) is 0 Å². The Bertz CT molecular complexity index is 45.9. The van der Waals surface area contributed by atoms with E-state index in [0.29, 0.717) is 0 Å². The Balaban J connectivity index is 0. The Morgan fingerprint density at radius 3 is 2.00 bits per heavy atom. The van der Waals surface area contributed by atoms with Gasteiger partial charge in [-0.2, -0.15) is 13.5 Å². The van der Waals surface area contributed by atoms with E-state index >= 15 is 0 Å². The van der Waals surface area contributed by atoms with E-state index in [-0.39, 0.29) is 13.5 Å². The van der Waals surface area contributed by atoms with Gasteiger partial charge in [0.2, 0.25) is 0 Å². The fourth-order valence-corrected chi connectivity index (χ4v) is 0.136. The lowest BCUT2D eigenvalue weighted by Gasteiger charge is -1.56. The van der Waals surface area contributed by atoms with Crippen LogP contribution in [0.15, 0.2) is 24.8 Å². The smallest absolute Gasteiger partial charge is 0.0467 e. The molecule has 0 aliphatic heterocycles. The Hall–Kier alpha value is -0.170. The summed E-state index contributed by atoms with van der Waals surface area (Å²) in [5, 5.41) is 0. The molecule has 0 aromatic heterocycles. The molecule has 0 heterocycles. The van der Waals surface area contributed by atoms with Crippen LogP contribution >= 0.6 is 13.5 Å². The molecule has 0 rings (SSSR count). The summed E-state index contributed by atoms with van der Waals surface area (Å²) in [6.45, 7) is 5.42. The van der Waals surface area contributed by atoms with Crippen molar-refractivity contribution in [3.63, 3.8) is 0 Å². The summed E-state index contributed by atoms with van der Waals surface area (Å²) in [6.07, 6.45) is 5.58. The molecule has 36 valence electrons. The zero-order chi connectivity index (χ0) is 4.12. The first-order valence-electron chi connectivity index (χ1n) is 1.65. The van der Waals surface area contributed by atoms with Gasteiger partial charge in [0.1, 0.15) is 0 Å². The van der Waals surface area contributed by atoms with Crippen molar-refractivity contribution in [3.8, 4) is 0 Å². The summed E-state index contributed by atoms with van der Waals surface area (Å²) < 4.78 is 0. The molecule has 0 amide bonds. The lowest BCUT2D eigenvalue weighted by Crippen LogP contribution is -1.33. The van der Waals surface area contributed by atoms with Crippen LogP contribution in [0, 0.1) is 0 Å². The predicted octanol–water partition coefficient (Wildman–Crippen LogP) is 1.86. The first-order valence-corrected chi connectivity index (χ1v) is 1.65. The first kappa shape index (κ1) is 9.27. The third kappa shape index (κ3) is 9.16. The Kier molecular flexibility index (Phi) is 13.7. The highest BCUT2D eigenvalue weighted by Gasteiger charge is 1.42. The molecule has 0 N–H and O–H groups in total. The lowest BCUT2D eigenvalue weighted by atomic mass is 10.5. The summed E-state index contributed by atoms with van der Waals surface area (Å²) in [5.41, 5.74) is 0. The Morgan fingerprint density at radius 1 is 1.50 bits per heavy atom. The fraction of sp³-hybridized carbons (Fsp3) is 0.200. The molecular formula is C5H10S. The molecule has 0 nitrogen and oxygen atoms in total. The number of hydrogen-bond donors (Lipinski definition) is 0. The van der Waals surface area contributed by atoms with Crippen LogP contribution < -0.4 is 0 Å². The zero-order valence-corrected chi connectivity index (χ0v) is 4.94. The summed E-state index contributed by atoms with van der Waals surface area (Å²) in [4.78, 5) is 0. The molecule has 0 radical (unpaired) electrons. The normalized spacial score (nSPS) is 7.50. The van der Waals surface area contributed by atoms with Crippen molar-refractivity contribution in [2.24, 2.45) is 0 Å². The van der Waals surface area contributed by atoms with Crippen molar-refractivity contribution in [2.75, 3.05) is 0 Å². The molecule has 6 heavy (non-hydrogen) atoms. The third-order valence-electron chi connectivity index (χ3n) is 0.329. The van der Waals surface area contributed by atoms with Gasteiger partial charge < -0.3 is 0 Å². The predicted molar refractivity (Wildman–Crippen MR) is 35.4 cm³/mol. The van der Waals surface area contributed by atoms with Crippen LogP contribution in [-0.4, -0.2) is 0 Å². The van der Waals surface area contributed by atoms with Crippen LogP contribution in [0.3, 0.4) is 0 Å². The maximum Gasteiger partial charge on any atom is -0.0467 e. The van der Waals surface area contributed by atoms with E-state index in [1.165, 1.54) is 0 Å². The number of hydrogen-bond acceptors (Lipinski definition) is 0.